The van der Waals surface area contributed by atoms with E-state index in [0.29, 0.717) is 11.3 Å². The number of fused-ring (bicyclic) bond motifs is 1. The molecule has 3 rings (SSSR count). The van der Waals surface area contributed by atoms with E-state index < -0.39 is 6.61 Å². The minimum absolute atomic E-state index is 0.0618. The lowest BCUT2D eigenvalue weighted by Crippen LogP contribution is -2.13. The Bertz CT molecular complexity index is 699. The maximum absolute atomic E-state index is 12.3. The molecule has 2 aromatic carbocycles. The highest BCUT2D eigenvalue weighted by Gasteiger charge is 2.13. The quantitative estimate of drug-likeness (QED) is 0.906. The lowest BCUT2D eigenvalue weighted by Gasteiger charge is -2.16. The summed E-state index contributed by atoms with van der Waals surface area (Å²) in [6.45, 7) is -2.86. The van der Waals surface area contributed by atoms with Gasteiger partial charge in [0, 0.05) is 11.3 Å². The summed E-state index contributed by atoms with van der Waals surface area (Å²) in [4.78, 5) is 12.3. The van der Waals surface area contributed by atoms with E-state index in [2.05, 4.69) is 10.1 Å². The molecule has 2 aromatic rings. The van der Waals surface area contributed by atoms with Crippen molar-refractivity contribution in [1.29, 1.82) is 0 Å². The second-order valence-electron chi connectivity index (χ2n) is 5.55. The molecule has 0 saturated heterocycles. The van der Waals surface area contributed by atoms with Gasteiger partial charge in [0.1, 0.15) is 5.75 Å². The van der Waals surface area contributed by atoms with Gasteiger partial charge in [0.2, 0.25) is 0 Å². The number of rotatable bonds is 4. The smallest absolute Gasteiger partial charge is 0.387 e. The van der Waals surface area contributed by atoms with Gasteiger partial charge < -0.3 is 10.1 Å². The summed E-state index contributed by atoms with van der Waals surface area (Å²) in [5.41, 5.74) is 3.71. The molecule has 0 atom stereocenters. The van der Waals surface area contributed by atoms with Crippen LogP contribution < -0.4 is 10.1 Å². The highest BCUT2D eigenvalue weighted by Crippen LogP contribution is 2.23. The number of benzene rings is 2. The van der Waals surface area contributed by atoms with Crippen molar-refractivity contribution in [2.24, 2.45) is 0 Å². The number of alkyl halides is 2. The zero-order chi connectivity index (χ0) is 16.2. The van der Waals surface area contributed by atoms with Crippen molar-refractivity contribution in [3.05, 3.63) is 59.2 Å². The molecule has 1 amide bonds. The van der Waals surface area contributed by atoms with Crippen LogP contribution in [0, 0.1) is 0 Å². The normalized spacial score (nSPS) is 13.5. The maximum Gasteiger partial charge on any atom is 0.387 e. The number of ether oxygens (including phenoxy) is 1. The molecule has 0 aliphatic heterocycles. The van der Waals surface area contributed by atoms with Gasteiger partial charge in [0.05, 0.1) is 0 Å². The van der Waals surface area contributed by atoms with Gasteiger partial charge in [-0.2, -0.15) is 8.78 Å². The summed E-state index contributed by atoms with van der Waals surface area (Å²) in [5, 5.41) is 2.76. The summed E-state index contributed by atoms with van der Waals surface area (Å²) < 4.78 is 28.5. The minimum atomic E-state index is -2.86. The molecule has 0 aromatic heterocycles. The van der Waals surface area contributed by atoms with E-state index in [9.17, 15) is 13.6 Å². The second kappa shape index (κ2) is 6.77. The van der Waals surface area contributed by atoms with Gasteiger partial charge in [-0.3, -0.25) is 4.79 Å². The van der Waals surface area contributed by atoms with Crippen LogP contribution in [0.2, 0.25) is 0 Å². The van der Waals surface area contributed by atoms with Crippen molar-refractivity contribution in [1.82, 2.24) is 0 Å². The Labute approximate surface area is 133 Å². The number of carbonyl (C=O) groups excluding carboxylic acids is 1. The van der Waals surface area contributed by atoms with Crippen LogP contribution in [0.5, 0.6) is 5.75 Å². The summed E-state index contributed by atoms with van der Waals surface area (Å²) in [7, 11) is 0. The molecule has 1 N–H and O–H groups in total. The van der Waals surface area contributed by atoms with Gasteiger partial charge in [0.15, 0.2) is 0 Å². The van der Waals surface area contributed by atoms with Crippen molar-refractivity contribution in [2.45, 2.75) is 32.3 Å². The van der Waals surface area contributed by atoms with Gasteiger partial charge in [-0.1, -0.05) is 6.07 Å². The molecule has 3 nitrogen and oxygen atoms in total. The van der Waals surface area contributed by atoms with E-state index in [1.165, 1.54) is 41.8 Å². The molecule has 0 bridgehead atoms. The van der Waals surface area contributed by atoms with Crippen molar-refractivity contribution in [3.63, 3.8) is 0 Å². The average molecular weight is 317 g/mol. The fourth-order valence-electron chi connectivity index (χ4n) is 2.80. The van der Waals surface area contributed by atoms with Crippen LogP contribution in [0.25, 0.3) is 0 Å². The van der Waals surface area contributed by atoms with Crippen LogP contribution >= 0.6 is 0 Å². The van der Waals surface area contributed by atoms with E-state index in [1.807, 2.05) is 18.2 Å². The van der Waals surface area contributed by atoms with Crippen LogP contribution in [0.15, 0.2) is 42.5 Å². The molecule has 120 valence electrons. The molecule has 0 radical (unpaired) electrons. The van der Waals surface area contributed by atoms with Crippen molar-refractivity contribution < 1.29 is 18.3 Å². The molecule has 1 aliphatic carbocycles. The predicted octanol–water partition coefficient (Wildman–Crippen LogP) is 4.42. The van der Waals surface area contributed by atoms with E-state index in [-0.39, 0.29) is 11.7 Å². The van der Waals surface area contributed by atoms with E-state index in [4.69, 9.17) is 0 Å². The Morgan fingerprint density at radius 3 is 2.39 bits per heavy atom. The summed E-state index contributed by atoms with van der Waals surface area (Å²) >= 11 is 0. The number of halogens is 2. The average Bonchev–Trinajstić information content (AvgIpc) is 2.55. The monoisotopic (exact) mass is 317 g/mol. The highest BCUT2D eigenvalue weighted by molar-refractivity contribution is 6.04. The van der Waals surface area contributed by atoms with Crippen LogP contribution in [0.4, 0.5) is 14.5 Å². The molecule has 0 spiro atoms. The third-order valence-corrected chi connectivity index (χ3v) is 3.95. The number of carbonyl (C=O) groups is 1. The molecular weight excluding hydrogens is 300 g/mol. The molecule has 0 fully saturated rings. The van der Waals surface area contributed by atoms with Crippen molar-refractivity contribution in [3.8, 4) is 5.75 Å². The molecule has 0 saturated carbocycles. The molecule has 0 unspecified atom stereocenters. The number of hydrogen-bond donors (Lipinski definition) is 1. The Morgan fingerprint density at radius 1 is 1.00 bits per heavy atom. The third kappa shape index (κ3) is 3.86. The SMILES string of the molecule is O=C(Nc1ccc(OC(F)F)cc1)c1ccc2c(c1)CCCC2. The Morgan fingerprint density at radius 2 is 1.70 bits per heavy atom. The zero-order valence-corrected chi connectivity index (χ0v) is 12.5. The number of amides is 1. The van der Waals surface area contributed by atoms with Crippen LogP contribution in [-0.4, -0.2) is 12.5 Å². The third-order valence-electron chi connectivity index (χ3n) is 3.95. The summed E-state index contributed by atoms with van der Waals surface area (Å²) in [5.74, 6) is -0.146. The highest BCUT2D eigenvalue weighted by atomic mass is 19.3. The fraction of sp³-hybridized carbons (Fsp3) is 0.278. The lowest BCUT2D eigenvalue weighted by molar-refractivity contribution is -0.0498. The largest absolute Gasteiger partial charge is 0.435 e. The van der Waals surface area contributed by atoms with Gasteiger partial charge in [0.25, 0.3) is 5.91 Å². The van der Waals surface area contributed by atoms with E-state index >= 15 is 0 Å². The first-order valence-corrected chi connectivity index (χ1v) is 7.60. The van der Waals surface area contributed by atoms with E-state index in [1.54, 1.807) is 0 Å². The minimum Gasteiger partial charge on any atom is -0.435 e. The first-order chi connectivity index (χ1) is 11.1. The molecule has 0 heterocycles. The van der Waals surface area contributed by atoms with Gasteiger partial charge in [-0.25, -0.2) is 0 Å². The predicted molar refractivity (Wildman–Crippen MR) is 84.1 cm³/mol. The first kappa shape index (κ1) is 15.5. The first-order valence-electron chi connectivity index (χ1n) is 7.60. The van der Waals surface area contributed by atoms with Crippen molar-refractivity contribution in [2.75, 3.05) is 5.32 Å². The molecule has 5 heteroatoms. The van der Waals surface area contributed by atoms with E-state index in [0.717, 1.165) is 19.3 Å². The zero-order valence-electron chi connectivity index (χ0n) is 12.5. The van der Waals surface area contributed by atoms with Crippen LogP contribution in [0.3, 0.4) is 0 Å². The van der Waals surface area contributed by atoms with Gasteiger partial charge in [-0.15, -0.1) is 0 Å². The number of anilines is 1. The topological polar surface area (TPSA) is 38.3 Å². The fourth-order valence-corrected chi connectivity index (χ4v) is 2.80. The summed E-state index contributed by atoms with van der Waals surface area (Å²) in [6, 6.07) is 11.7. The molecular formula is C18H17F2NO2. The second-order valence-corrected chi connectivity index (χ2v) is 5.55. The Kier molecular flexibility index (Phi) is 4.55. The number of hydrogen-bond acceptors (Lipinski definition) is 2. The van der Waals surface area contributed by atoms with Crippen LogP contribution in [0.1, 0.15) is 34.3 Å². The maximum atomic E-state index is 12.3. The Balaban J connectivity index is 1.69. The summed E-state index contributed by atoms with van der Waals surface area (Å²) in [6.07, 6.45) is 4.44. The number of nitrogens with one attached hydrogen (secondary N) is 1. The standard InChI is InChI=1S/C18H17F2NO2/c19-18(20)23-16-9-7-15(8-10-16)21-17(22)14-6-5-12-3-1-2-4-13(12)11-14/h5-11,18H,1-4H2,(H,21,22). The number of aryl methyl sites for hydroxylation is 2. The van der Waals surface area contributed by atoms with Gasteiger partial charge in [-0.05, 0) is 73.2 Å². The van der Waals surface area contributed by atoms with Crippen LogP contribution in [-0.2, 0) is 12.8 Å². The molecule has 23 heavy (non-hydrogen) atoms. The van der Waals surface area contributed by atoms with Crippen molar-refractivity contribution >= 4 is 11.6 Å². The Hall–Kier alpha value is -2.43. The molecule has 1 aliphatic rings. The van der Waals surface area contributed by atoms with Gasteiger partial charge >= 0.3 is 6.61 Å². The lowest BCUT2D eigenvalue weighted by atomic mass is 9.90.